The summed E-state index contributed by atoms with van der Waals surface area (Å²) in [5.41, 5.74) is 6.50. The molecule has 1 heteroatoms. The predicted octanol–water partition coefficient (Wildman–Crippen LogP) is 1.52. The van der Waals surface area contributed by atoms with Gasteiger partial charge in [0.05, 0.1) is 0 Å². The lowest BCUT2D eigenvalue weighted by Crippen LogP contribution is -2.34. The Kier molecular flexibility index (Phi) is 0.963. The minimum atomic E-state index is 0.524. The van der Waals surface area contributed by atoms with Crippen molar-refractivity contribution in [1.82, 2.24) is 0 Å². The van der Waals surface area contributed by atoms with Gasteiger partial charge in [-0.2, -0.15) is 0 Å². The largest absolute Gasteiger partial charge is 0.327 e. The maximum atomic E-state index is 5.95. The van der Waals surface area contributed by atoms with Gasteiger partial charge in [0.25, 0.3) is 0 Å². The molecule has 0 heterocycles. The third-order valence-corrected chi connectivity index (χ3v) is 3.36. The van der Waals surface area contributed by atoms with Crippen molar-refractivity contribution in [1.29, 1.82) is 0 Å². The highest BCUT2D eigenvalue weighted by molar-refractivity contribution is 5.00. The van der Waals surface area contributed by atoms with E-state index in [2.05, 4.69) is 6.92 Å². The van der Waals surface area contributed by atoms with Crippen LogP contribution in [0.2, 0.25) is 0 Å². The van der Waals surface area contributed by atoms with Crippen LogP contribution in [0, 0.1) is 11.3 Å². The minimum absolute atomic E-state index is 0.524. The molecular formula is C8H15N. The fourth-order valence-electron chi connectivity index (χ4n) is 2.58. The van der Waals surface area contributed by atoms with Crippen LogP contribution >= 0.6 is 0 Å². The Labute approximate surface area is 56.6 Å². The third kappa shape index (κ3) is 0.644. The molecule has 3 atom stereocenters. The van der Waals surface area contributed by atoms with E-state index >= 15 is 0 Å². The van der Waals surface area contributed by atoms with E-state index in [0.717, 1.165) is 5.92 Å². The van der Waals surface area contributed by atoms with Crippen molar-refractivity contribution in [2.75, 3.05) is 0 Å². The zero-order chi connectivity index (χ0) is 6.48. The van der Waals surface area contributed by atoms with E-state index in [1.165, 1.54) is 25.7 Å². The van der Waals surface area contributed by atoms with Crippen molar-refractivity contribution >= 4 is 0 Å². The summed E-state index contributed by atoms with van der Waals surface area (Å²) in [6.07, 6.45) is 5.55. The molecule has 0 saturated heterocycles. The van der Waals surface area contributed by atoms with Crippen LogP contribution in [-0.2, 0) is 0 Å². The Morgan fingerprint density at radius 1 is 1.56 bits per heavy atom. The molecule has 2 saturated carbocycles. The first-order valence-corrected chi connectivity index (χ1v) is 3.96. The van der Waals surface area contributed by atoms with Gasteiger partial charge >= 0.3 is 0 Å². The Morgan fingerprint density at radius 2 is 2.33 bits per heavy atom. The lowest BCUT2D eigenvalue weighted by molar-refractivity contribution is 0.282. The van der Waals surface area contributed by atoms with Gasteiger partial charge in [0.2, 0.25) is 0 Å². The van der Waals surface area contributed by atoms with Gasteiger partial charge in [0.1, 0.15) is 0 Å². The highest BCUT2D eigenvalue weighted by atomic mass is 14.7. The van der Waals surface area contributed by atoms with Gasteiger partial charge in [-0.05, 0) is 37.0 Å². The van der Waals surface area contributed by atoms with E-state index in [-0.39, 0.29) is 0 Å². The van der Waals surface area contributed by atoms with Crippen LogP contribution in [0.25, 0.3) is 0 Å². The summed E-state index contributed by atoms with van der Waals surface area (Å²) < 4.78 is 0. The molecule has 0 radical (unpaired) electrons. The molecule has 52 valence electrons. The monoisotopic (exact) mass is 125 g/mol. The Hall–Kier alpha value is -0.0400. The van der Waals surface area contributed by atoms with E-state index in [4.69, 9.17) is 5.73 Å². The van der Waals surface area contributed by atoms with Gasteiger partial charge in [-0.25, -0.2) is 0 Å². The molecule has 0 aromatic rings. The quantitative estimate of drug-likeness (QED) is 0.522. The first kappa shape index (κ1) is 5.72. The van der Waals surface area contributed by atoms with Gasteiger partial charge in [0, 0.05) is 6.04 Å². The zero-order valence-corrected chi connectivity index (χ0v) is 6.06. The van der Waals surface area contributed by atoms with Crippen molar-refractivity contribution in [2.24, 2.45) is 17.1 Å². The topological polar surface area (TPSA) is 26.0 Å². The van der Waals surface area contributed by atoms with Crippen molar-refractivity contribution < 1.29 is 0 Å². The maximum absolute atomic E-state index is 5.95. The molecule has 0 aliphatic heterocycles. The number of hydrogen-bond acceptors (Lipinski definition) is 1. The Balaban J connectivity index is 2.22. The zero-order valence-electron chi connectivity index (χ0n) is 6.06. The molecule has 2 fully saturated rings. The number of hydrogen-bond donors (Lipinski definition) is 1. The molecule has 1 unspecified atom stereocenters. The van der Waals surface area contributed by atoms with Crippen LogP contribution in [0.4, 0.5) is 0 Å². The smallest absolute Gasteiger partial charge is 0.00956 e. The van der Waals surface area contributed by atoms with Gasteiger partial charge in [-0.15, -0.1) is 0 Å². The lowest BCUT2D eigenvalue weighted by Gasteiger charge is -2.27. The van der Waals surface area contributed by atoms with Crippen LogP contribution in [-0.4, -0.2) is 6.04 Å². The first-order chi connectivity index (χ1) is 4.21. The molecule has 0 spiro atoms. The van der Waals surface area contributed by atoms with Gasteiger partial charge in [-0.1, -0.05) is 6.92 Å². The predicted molar refractivity (Wildman–Crippen MR) is 38.0 cm³/mol. The molecule has 2 N–H and O–H groups in total. The van der Waals surface area contributed by atoms with E-state index in [1.54, 1.807) is 0 Å². The van der Waals surface area contributed by atoms with Crippen molar-refractivity contribution in [3.63, 3.8) is 0 Å². The van der Waals surface area contributed by atoms with Crippen LogP contribution in [0.1, 0.15) is 32.6 Å². The molecule has 0 aromatic carbocycles. The molecule has 2 aliphatic rings. The van der Waals surface area contributed by atoms with Crippen LogP contribution < -0.4 is 5.73 Å². The summed E-state index contributed by atoms with van der Waals surface area (Å²) in [6, 6.07) is 0.524. The van der Waals surface area contributed by atoms with Crippen LogP contribution in [0.15, 0.2) is 0 Å². The van der Waals surface area contributed by atoms with E-state index in [0.29, 0.717) is 11.5 Å². The molecular weight excluding hydrogens is 110 g/mol. The molecule has 9 heavy (non-hydrogen) atoms. The second-order valence-corrected chi connectivity index (χ2v) is 4.11. The third-order valence-electron chi connectivity index (χ3n) is 3.36. The average molecular weight is 125 g/mol. The van der Waals surface area contributed by atoms with Gasteiger partial charge in [0.15, 0.2) is 0 Å². The van der Waals surface area contributed by atoms with Crippen molar-refractivity contribution in [3.8, 4) is 0 Å². The van der Waals surface area contributed by atoms with E-state index in [9.17, 15) is 0 Å². The summed E-state index contributed by atoms with van der Waals surface area (Å²) >= 11 is 0. The fourth-order valence-corrected chi connectivity index (χ4v) is 2.58. The summed E-state index contributed by atoms with van der Waals surface area (Å²) in [5.74, 6) is 0.991. The highest BCUT2D eigenvalue weighted by Crippen LogP contribution is 2.52. The SMILES string of the molecule is CC12CC[C@H](C[C@@H]1N)C2. The second kappa shape index (κ2) is 1.51. The lowest BCUT2D eigenvalue weighted by atomic mass is 9.83. The average Bonchev–Trinajstić information content (AvgIpc) is 2.22. The summed E-state index contributed by atoms with van der Waals surface area (Å²) in [4.78, 5) is 0. The number of fused-ring (bicyclic) bond motifs is 2. The summed E-state index contributed by atoms with van der Waals surface area (Å²) in [6.45, 7) is 2.35. The number of nitrogens with two attached hydrogens (primary N) is 1. The molecule has 1 nitrogen and oxygen atoms in total. The highest BCUT2D eigenvalue weighted by Gasteiger charge is 2.46. The summed E-state index contributed by atoms with van der Waals surface area (Å²) in [5, 5.41) is 0. The molecule has 2 bridgehead atoms. The first-order valence-electron chi connectivity index (χ1n) is 3.96. The van der Waals surface area contributed by atoms with E-state index in [1.807, 2.05) is 0 Å². The molecule has 0 aromatic heterocycles. The second-order valence-electron chi connectivity index (χ2n) is 4.11. The van der Waals surface area contributed by atoms with Crippen LogP contribution in [0.5, 0.6) is 0 Å². The van der Waals surface area contributed by atoms with Gasteiger partial charge < -0.3 is 5.73 Å². The maximum Gasteiger partial charge on any atom is 0.00956 e. The van der Waals surface area contributed by atoms with Crippen molar-refractivity contribution in [3.05, 3.63) is 0 Å². The van der Waals surface area contributed by atoms with E-state index < -0.39 is 0 Å². The standard InChI is InChI=1S/C8H15N/c1-8-3-2-6(5-8)4-7(8)9/h6-7H,2-5,9H2,1H3/t6-,7+,8?/m1/s1. The number of rotatable bonds is 0. The molecule has 2 rings (SSSR count). The Bertz CT molecular complexity index is 133. The Morgan fingerprint density at radius 3 is 2.56 bits per heavy atom. The minimum Gasteiger partial charge on any atom is -0.327 e. The molecule has 2 aliphatic carbocycles. The fraction of sp³-hybridized carbons (Fsp3) is 1.00. The molecule has 0 amide bonds. The van der Waals surface area contributed by atoms with Crippen LogP contribution in [0.3, 0.4) is 0 Å². The normalized spacial score (nSPS) is 56.7. The van der Waals surface area contributed by atoms with Crippen molar-refractivity contribution in [2.45, 2.75) is 38.6 Å². The van der Waals surface area contributed by atoms with Gasteiger partial charge in [-0.3, -0.25) is 0 Å². The summed E-state index contributed by atoms with van der Waals surface area (Å²) in [7, 11) is 0.